The van der Waals surface area contributed by atoms with Crippen LogP contribution >= 0.6 is 11.6 Å². The van der Waals surface area contributed by atoms with Crippen LogP contribution in [0.5, 0.6) is 17.2 Å². The maximum absolute atomic E-state index is 12.5. The Labute approximate surface area is 175 Å². The van der Waals surface area contributed by atoms with Crippen molar-refractivity contribution in [3.8, 4) is 17.2 Å². The summed E-state index contributed by atoms with van der Waals surface area (Å²) in [6.07, 6.45) is 3.35. The molecule has 0 atom stereocenters. The molecule has 0 bridgehead atoms. The third kappa shape index (κ3) is 5.87. The zero-order valence-corrected chi connectivity index (χ0v) is 16.7. The van der Waals surface area contributed by atoms with Gasteiger partial charge in [0.05, 0.1) is 7.11 Å². The number of carbonyl (C=O) groups is 1. The topological polar surface area (TPSA) is 55.8 Å². The normalized spacial score (nSPS) is 10.8. The minimum Gasteiger partial charge on any atom is -0.504 e. The van der Waals surface area contributed by atoms with E-state index in [1.54, 1.807) is 36.4 Å². The van der Waals surface area contributed by atoms with E-state index in [9.17, 15) is 9.90 Å². The molecule has 3 aromatic rings. The molecule has 0 saturated heterocycles. The molecule has 5 heteroatoms. The van der Waals surface area contributed by atoms with Crippen LogP contribution in [0.25, 0.3) is 6.08 Å². The lowest BCUT2D eigenvalue weighted by molar-refractivity contribution is -0.113. The summed E-state index contributed by atoms with van der Waals surface area (Å²) in [4.78, 5) is 12.5. The zero-order valence-electron chi connectivity index (χ0n) is 16.0. The first-order valence-corrected chi connectivity index (χ1v) is 9.46. The number of phenolic OH excluding ortho intramolecular Hbond substituents is 1. The highest BCUT2D eigenvalue weighted by molar-refractivity contribution is 6.30. The largest absolute Gasteiger partial charge is 0.504 e. The van der Waals surface area contributed by atoms with Crippen molar-refractivity contribution < 1.29 is 19.4 Å². The third-order valence-electron chi connectivity index (χ3n) is 4.34. The Bertz CT molecular complexity index is 1010. The molecule has 0 aliphatic carbocycles. The first kappa shape index (κ1) is 20.5. The predicted molar refractivity (Wildman–Crippen MR) is 115 cm³/mol. The van der Waals surface area contributed by atoms with Crippen LogP contribution in [0.1, 0.15) is 16.7 Å². The summed E-state index contributed by atoms with van der Waals surface area (Å²) in [6.45, 7) is 0.347. The molecule has 0 aromatic heterocycles. The van der Waals surface area contributed by atoms with Crippen molar-refractivity contribution in [3.63, 3.8) is 0 Å². The van der Waals surface area contributed by atoms with E-state index in [0.717, 1.165) is 16.9 Å². The Morgan fingerprint density at radius 3 is 2.55 bits per heavy atom. The van der Waals surface area contributed by atoms with Gasteiger partial charge in [0.1, 0.15) is 12.4 Å². The Morgan fingerprint density at radius 2 is 1.83 bits per heavy atom. The highest BCUT2D eigenvalue weighted by Gasteiger charge is 2.09. The molecule has 0 radical (unpaired) electrons. The van der Waals surface area contributed by atoms with Crippen LogP contribution in [0.15, 0.2) is 72.8 Å². The average molecular weight is 409 g/mol. The van der Waals surface area contributed by atoms with Gasteiger partial charge in [-0.25, -0.2) is 0 Å². The summed E-state index contributed by atoms with van der Waals surface area (Å²) in [7, 11) is 1.48. The second kappa shape index (κ2) is 9.80. The first-order chi connectivity index (χ1) is 14.0. The predicted octanol–water partition coefficient (Wildman–Crippen LogP) is 5.46. The molecule has 0 heterocycles. The fourth-order valence-electron chi connectivity index (χ4n) is 2.82. The van der Waals surface area contributed by atoms with Gasteiger partial charge in [-0.3, -0.25) is 4.79 Å². The van der Waals surface area contributed by atoms with Crippen LogP contribution in [-0.2, 0) is 17.8 Å². The third-order valence-corrected chi connectivity index (χ3v) is 4.57. The number of halogens is 1. The molecule has 3 rings (SSSR count). The van der Waals surface area contributed by atoms with Crippen molar-refractivity contribution in [2.75, 3.05) is 7.11 Å². The van der Waals surface area contributed by atoms with Gasteiger partial charge >= 0.3 is 0 Å². The van der Waals surface area contributed by atoms with Gasteiger partial charge in [0.2, 0.25) is 0 Å². The summed E-state index contributed by atoms with van der Waals surface area (Å²) >= 11 is 6.13. The van der Waals surface area contributed by atoms with Crippen LogP contribution in [0.3, 0.4) is 0 Å². The van der Waals surface area contributed by atoms with E-state index in [0.29, 0.717) is 22.9 Å². The van der Waals surface area contributed by atoms with Gasteiger partial charge in [0, 0.05) is 11.4 Å². The Hall–Kier alpha value is -3.24. The molecule has 3 aromatic carbocycles. The molecule has 0 spiro atoms. The second-order valence-electron chi connectivity index (χ2n) is 6.42. The molecule has 0 amide bonds. The van der Waals surface area contributed by atoms with E-state index in [1.165, 1.54) is 13.2 Å². The van der Waals surface area contributed by atoms with E-state index in [4.69, 9.17) is 21.1 Å². The Kier molecular flexibility index (Phi) is 6.93. The maximum atomic E-state index is 12.5. The number of benzene rings is 3. The van der Waals surface area contributed by atoms with E-state index < -0.39 is 0 Å². The number of hydrogen-bond acceptors (Lipinski definition) is 4. The van der Waals surface area contributed by atoms with Crippen LogP contribution in [-0.4, -0.2) is 18.0 Å². The van der Waals surface area contributed by atoms with E-state index in [2.05, 4.69) is 0 Å². The lowest BCUT2D eigenvalue weighted by Gasteiger charge is -2.11. The molecule has 0 aliphatic rings. The molecule has 0 fully saturated rings. The van der Waals surface area contributed by atoms with Gasteiger partial charge in [-0.05, 0) is 59.2 Å². The number of phenols is 1. The van der Waals surface area contributed by atoms with Crippen molar-refractivity contribution in [3.05, 3.63) is 94.5 Å². The van der Waals surface area contributed by atoms with Gasteiger partial charge in [0.15, 0.2) is 17.3 Å². The quantitative estimate of drug-likeness (QED) is 0.503. The monoisotopic (exact) mass is 408 g/mol. The minimum atomic E-state index is -0.0801. The fourth-order valence-corrected chi connectivity index (χ4v) is 3.02. The lowest BCUT2D eigenvalue weighted by atomic mass is 10.0. The lowest BCUT2D eigenvalue weighted by Crippen LogP contribution is -2.05. The number of para-hydroxylation sites is 1. The number of ketones is 1. The number of allylic oxidation sites excluding steroid dienone is 1. The molecule has 4 nitrogen and oxygen atoms in total. The standard InChI is InChI=1S/C24H21ClO4/c1-28-24-12-8-17(13-23(24)27)7-11-21(26)15-19-14-20(25)10-9-18(19)16-29-22-5-3-2-4-6-22/h2-14,27H,15-16H2,1H3/b11-7+. The average Bonchev–Trinajstić information content (AvgIpc) is 2.72. The van der Waals surface area contributed by atoms with Gasteiger partial charge in [-0.15, -0.1) is 0 Å². The van der Waals surface area contributed by atoms with Gasteiger partial charge < -0.3 is 14.6 Å². The SMILES string of the molecule is COc1ccc(/C=C/C(=O)Cc2cc(Cl)ccc2COc2ccccc2)cc1O. The van der Waals surface area contributed by atoms with Crippen LogP contribution < -0.4 is 9.47 Å². The van der Waals surface area contributed by atoms with Gasteiger partial charge in [0.25, 0.3) is 0 Å². The summed E-state index contributed by atoms with van der Waals surface area (Å²) in [5.41, 5.74) is 2.43. The molecular formula is C24H21ClO4. The van der Waals surface area contributed by atoms with Crippen LogP contribution in [0.4, 0.5) is 0 Å². The summed E-state index contributed by atoms with van der Waals surface area (Å²) in [6, 6.07) is 19.9. The summed E-state index contributed by atoms with van der Waals surface area (Å²) in [5.74, 6) is 1.09. The van der Waals surface area contributed by atoms with Crippen molar-refractivity contribution >= 4 is 23.5 Å². The zero-order chi connectivity index (χ0) is 20.6. The molecule has 148 valence electrons. The van der Waals surface area contributed by atoms with Crippen molar-refractivity contribution in [2.45, 2.75) is 13.0 Å². The van der Waals surface area contributed by atoms with Crippen molar-refractivity contribution in [1.82, 2.24) is 0 Å². The van der Waals surface area contributed by atoms with Gasteiger partial charge in [-0.2, -0.15) is 0 Å². The highest BCUT2D eigenvalue weighted by Crippen LogP contribution is 2.26. The summed E-state index contributed by atoms with van der Waals surface area (Å²) < 4.78 is 10.8. The van der Waals surface area contributed by atoms with Crippen molar-refractivity contribution in [2.24, 2.45) is 0 Å². The smallest absolute Gasteiger partial charge is 0.160 e. The molecular weight excluding hydrogens is 388 g/mol. The number of hydrogen-bond donors (Lipinski definition) is 1. The number of rotatable bonds is 8. The molecule has 29 heavy (non-hydrogen) atoms. The highest BCUT2D eigenvalue weighted by atomic mass is 35.5. The fraction of sp³-hybridized carbons (Fsp3) is 0.125. The van der Waals surface area contributed by atoms with E-state index in [1.807, 2.05) is 36.4 Å². The number of methoxy groups -OCH3 is 1. The number of ether oxygens (including phenoxy) is 2. The number of aromatic hydroxyl groups is 1. The van der Waals surface area contributed by atoms with E-state index in [-0.39, 0.29) is 18.0 Å². The van der Waals surface area contributed by atoms with Gasteiger partial charge in [-0.1, -0.05) is 48.0 Å². The van der Waals surface area contributed by atoms with Crippen LogP contribution in [0, 0.1) is 0 Å². The van der Waals surface area contributed by atoms with Crippen molar-refractivity contribution in [1.29, 1.82) is 0 Å². The first-order valence-electron chi connectivity index (χ1n) is 9.08. The maximum Gasteiger partial charge on any atom is 0.160 e. The molecule has 0 saturated carbocycles. The minimum absolute atomic E-state index is 0.0253. The Morgan fingerprint density at radius 1 is 1.03 bits per heavy atom. The van der Waals surface area contributed by atoms with E-state index >= 15 is 0 Å². The Balaban J connectivity index is 1.69. The second-order valence-corrected chi connectivity index (χ2v) is 6.86. The molecule has 1 N–H and O–H groups in total. The number of carbonyl (C=O) groups excluding carboxylic acids is 1. The van der Waals surface area contributed by atoms with Crippen LogP contribution in [0.2, 0.25) is 5.02 Å². The molecule has 0 aliphatic heterocycles. The molecule has 0 unspecified atom stereocenters. The summed E-state index contributed by atoms with van der Waals surface area (Å²) in [5, 5.41) is 10.4.